The van der Waals surface area contributed by atoms with Crippen LogP contribution in [-0.2, 0) is 9.53 Å². The number of carbonyl (C=O) groups excluding carboxylic acids is 1. The summed E-state index contributed by atoms with van der Waals surface area (Å²) in [5, 5.41) is 0. The molecule has 5 heteroatoms. The first-order valence-corrected chi connectivity index (χ1v) is 4.66. The van der Waals surface area contributed by atoms with Crippen molar-refractivity contribution in [1.82, 2.24) is 4.90 Å². The molecule has 78 valence electrons. The Bertz CT molecular complexity index is 195. The van der Waals surface area contributed by atoms with Crippen molar-refractivity contribution in [2.45, 2.75) is 6.92 Å². The molecule has 0 N–H and O–H groups in total. The van der Waals surface area contributed by atoms with Gasteiger partial charge in [-0.1, -0.05) is 6.08 Å². The van der Waals surface area contributed by atoms with Crippen LogP contribution in [0.25, 0.3) is 0 Å². The van der Waals surface area contributed by atoms with E-state index in [-0.39, 0.29) is 35.5 Å². The number of esters is 1. The summed E-state index contributed by atoms with van der Waals surface area (Å²) < 4.78 is 4.96. The van der Waals surface area contributed by atoms with Crippen molar-refractivity contribution in [2.75, 3.05) is 33.1 Å². The first kappa shape index (κ1) is 16.9. The van der Waals surface area contributed by atoms with Gasteiger partial charge in [0.1, 0.15) is 6.61 Å². The van der Waals surface area contributed by atoms with E-state index in [9.17, 15) is 4.79 Å². The molecule has 0 atom stereocenters. The molecule has 0 aliphatic rings. The number of hydrogen-bond donors (Lipinski definition) is 0. The molecule has 0 radical (unpaired) electrons. The minimum absolute atomic E-state index is 0. The number of rotatable bonds is 5. The average Bonchev–Trinajstić information content (AvgIpc) is 2.04. The van der Waals surface area contributed by atoms with E-state index < -0.39 is 0 Å². The first-order valence-electron chi connectivity index (χ1n) is 4.12. The molecule has 0 rings (SSSR count). The van der Waals surface area contributed by atoms with E-state index >= 15 is 0 Å². The predicted molar refractivity (Wildman–Crippen MR) is 61.1 cm³/mol. The molecule has 0 fully saturated rings. The van der Waals surface area contributed by atoms with E-state index in [1.165, 1.54) is 0 Å². The fourth-order valence-electron chi connectivity index (χ4n) is 0.634. The Hall–Kier alpha value is 0.460. The molecule has 0 aromatic rings. The van der Waals surface area contributed by atoms with Gasteiger partial charge >= 0.3 is 35.5 Å². The van der Waals surface area contributed by atoms with Gasteiger partial charge in [0.25, 0.3) is 0 Å². The standard InChI is InChI=1S/C9H16ClNO2.Na.H/c1-8(4-5-10)9(12)13-7-6-11(2)3;;/h4H,5-7H2,1-3H3;;. The zero-order valence-corrected chi connectivity index (χ0v) is 9.10. The van der Waals surface area contributed by atoms with Crippen LogP contribution in [0.5, 0.6) is 0 Å². The van der Waals surface area contributed by atoms with Crippen LogP contribution in [0.3, 0.4) is 0 Å². The van der Waals surface area contributed by atoms with Gasteiger partial charge in [0.15, 0.2) is 0 Å². The first-order chi connectivity index (χ1) is 6.07. The van der Waals surface area contributed by atoms with Gasteiger partial charge in [0.2, 0.25) is 0 Å². The number of likely N-dealkylation sites (N-methyl/N-ethyl adjacent to an activating group) is 1. The van der Waals surface area contributed by atoms with Crippen LogP contribution in [0.15, 0.2) is 11.6 Å². The molecule has 0 saturated heterocycles. The zero-order valence-electron chi connectivity index (χ0n) is 8.34. The Balaban J connectivity index is 0. The van der Waals surface area contributed by atoms with Crippen molar-refractivity contribution in [2.24, 2.45) is 0 Å². The van der Waals surface area contributed by atoms with E-state index in [0.29, 0.717) is 18.1 Å². The second kappa shape index (κ2) is 9.99. The molecule has 0 aromatic heterocycles. The molecule has 0 aliphatic carbocycles. The Kier molecular flexibility index (Phi) is 12.0. The number of alkyl halides is 1. The van der Waals surface area contributed by atoms with Crippen molar-refractivity contribution < 1.29 is 9.53 Å². The van der Waals surface area contributed by atoms with Gasteiger partial charge in [-0.15, -0.1) is 11.6 Å². The average molecular weight is 230 g/mol. The molecule has 0 unspecified atom stereocenters. The summed E-state index contributed by atoms with van der Waals surface area (Å²) in [6.07, 6.45) is 1.64. The second-order valence-electron chi connectivity index (χ2n) is 2.98. The molecule has 0 spiro atoms. The van der Waals surface area contributed by atoms with Crippen LogP contribution >= 0.6 is 11.6 Å². The van der Waals surface area contributed by atoms with Crippen molar-refractivity contribution in [3.63, 3.8) is 0 Å². The number of carbonyl (C=O) groups is 1. The van der Waals surface area contributed by atoms with Crippen LogP contribution in [0, 0.1) is 0 Å². The van der Waals surface area contributed by atoms with Crippen molar-refractivity contribution >= 4 is 47.1 Å². The van der Waals surface area contributed by atoms with Crippen LogP contribution < -0.4 is 0 Å². The van der Waals surface area contributed by atoms with E-state index in [1.54, 1.807) is 13.0 Å². The number of halogens is 1. The van der Waals surface area contributed by atoms with Gasteiger partial charge in [-0.25, -0.2) is 4.79 Å². The van der Waals surface area contributed by atoms with Gasteiger partial charge in [-0.05, 0) is 21.0 Å². The quantitative estimate of drug-likeness (QED) is 0.300. The Labute approximate surface area is 113 Å². The summed E-state index contributed by atoms with van der Waals surface area (Å²) in [5.74, 6) is 0.0525. The maximum atomic E-state index is 11.1. The van der Waals surface area contributed by atoms with Gasteiger partial charge in [0, 0.05) is 18.0 Å². The number of nitrogens with zero attached hydrogens (tertiary/aromatic N) is 1. The van der Waals surface area contributed by atoms with Crippen LogP contribution in [-0.4, -0.2) is 73.6 Å². The Morgan fingerprint density at radius 2 is 2.07 bits per heavy atom. The fraction of sp³-hybridized carbons (Fsp3) is 0.667. The predicted octanol–water partition coefficient (Wildman–Crippen LogP) is 0.628. The molecule has 0 bridgehead atoms. The van der Waals surface area contributed by atoms with E-state index in [0.717, 1.165) is 6.54 Å². The van der Waals surface area contributed by atoms with Crippen molar-refractivity contribution in [3.05, 3.63) is 11.6 Å². The normalized spacial score (nSPS) is 11.1. The summed E-state index contributed by atoms with van der Waals surface area (Å²) in [5.41, 5.74) is 0.564. The SMILES string of the molecule is CC(=CCCl)C(=O)OCCN(C)C.[NaH]. The van der Waals surface area contributed by atoms with E-state index in [4.69, 9.17) is 16.3 Å². The molecule has 0 aliphatic heterocycles. The van der Waals surface area contributed by atoms with Gasteiger partial charge in [-0.2, -0.15) is 0 Å². The molecular formula is C9H17ClNNaO2. The van der Waals surface area contributed by atoms with E-state index in [2.05, 4.69) is 0 Å². The third-order valence-corrected chi connectivity index (χ3v) is 1.63. The Morgan fingerprint density at radius 3 is 2.50 bits per heavy atom. The Morgan fingerprint density at radius 1 is 1.50 bits per heavy atom. The maximum absolute atomic E-state index is 11.1. The topological polar surface area (TPSA) is 29.5 Å². The third kappa shape index (κ3) is 9.03. The molecule has 0 aromatic carbocycles. The fourth-order valence-corrected chi connectivity index (χ4v) is 0.865. The molecular weight excluding hydrogens is 213 g/mol. The second-order valence-corrected chi connectivity index (χ2v) is 3.29. The van der Waals surface area contributed by atoms with Gasteiger partial charge in [-0.3, -0.25) is 0 Å². The van der Waals surface area contributed by atoms with Crippen LogP contribution in [0.4, 0.5) is 0 Å². The van der Waals surface area contributed by atoms with Crippen LogP contribution in [0.1, 0.15) is 6.92 Å². The third-order valence-electron chi connectivity index (χ3n) is 1.48. The van der Waals surface area contributed by atoms with Crippen LogP contribution in [0.2, 0.25) is 0 Å². The summed E-state index contributed by atoms with van der Waals surface area (Å²) in [6, 6.07) is 0. The van der Waals surface area contributed by atoms with Crippen molar-refractivity contribution in [3.8, 4) is 0 Å². The van der Waals surface area contributed by atoms with Gasteiger partial charge in [0.05, 0.1) is 0 Å². The number of hydrogen-bond acceptors (Lipinski definition) is 3. The molecule has 0 amide bonds. The molecule has 14 heavy (non-hydrogen) atoms. The summed E-state index contributed by atoms with van der Waals surface area (Å²) >= 11 is 5.43. The molecule has 0 saturated carbocycles. The minimum atomic E-state index is -0.289. The molecule has 0 heterocycles. The van der Waals surface area contributed by atoms with Crippen molar-refractivity contribution in [1.29, 1.82) is 0 Å². The monoisotopic (exact) mass is 229 g/mol. The van der Waals surface area contributed by atoms with Gasteiger partial charge < -0.3 is 9.64 Å². The summed E-state index contributed by atoms with van der Waals surface area (Å²) in [6.45, 7) is 2.85. The number of ether oxygens (including phenoxy) is 1. The summed E-state index contributed by atoms with van der Waals surface area (Å²) in [4.78, 5) is 13.1. The molecule has 3 nitrogen and oxygen atoms in total. The summed E-state index contributed by atoms with van der Waals surface area (Å²) in [7, 11) is 3.85. The zero-order chi connectivity index (χ0) is 10.3. The van der Waals surface area contributed by atoms with E-state index in [1.807, 2.05) is 19.0 Å². The number of allylic oxidation sites excluding steroid dienone is 1.